The lowest BCUT2D eigenvalue weighted by Crippen LogP contribution is -2.38. The number of halogens is 1. The van der Waals surface area contributed by atoms with Crippen molar-refractivity contribution in [2.45, 2.75) is 18.9 Å². The van der Waals surface area contributed by atoms with E-state index in [1.165, 1.54) is 6.07 Å². The summed E-state index contributed by atoms with van der Waals surface area (Å²) < 4.78 is 0. The van der Waals surface area contributed by atoms with Crippen molar-refractivity contribution in [2.24, 2.45) is 5.84 Å². The number of hydrogen-bond acceptors (Lipinski definition) is 5. The van der Waals surface area contributed by atoms with E-state index in [2.05, 4.69) is 21.0 Å². The Morgan fingerprint density at radius 2 is 2.16 bits per heavy atom. The number of rotatable bonds is 5. The fraction of sp³-hybridized carbons (Fsp3) is 0.364. The van der Waals surface area contributed by atoms with Gasteiger partial charge in [0.25, 0.3) is 5.91 Å². The van der Waals surface area contributed by atoms with Crippen molar-refractivity contribution in [1.82, 2.24) is 15.6 Å². The molecule has 1 aliphatic rings. The first-order valence-corrected chi connectivity index (χ1v) is 6.18. The number of aromatic nitrogens is 1. The highest BCUT2D eigenvalue weighted by Crippen LogP contribution is 2.18. The van der Waals surface area contributed by atoms with Crippen LogP contribution in [-0.2, 0) is 4.79 Å². The quantitative estimate of drug-likeness (QED) is 0.450. The van der Waals surface area contributed by atoms with Crippen molar-refractivity contribution in [3.8, 4) is 0 Å². The summed E-state index contributed by atoms with van der Waals surface area (Å²) in [7, 11) is 0. The zero-order valence-corrected chi connectivity index (χ0v) is 10.8. The number of amides is 2. The average Bonchev–Trinajstić information content (AvgIpc) is 3.20. The lowest BCUT2D eigenvalue weighted by Gasteiger charge is -2.08. The molecule has 0 aliphatic heterocycles. The lowest BCUT2D eigenvalue weighted by molar-refractivity contribution is -0.120. The molecule has 19 heavy (non-hydrogen) atoms. The van der Waals surface area contributed by atoms with E-state index in [1.807, 2.05) is 0 Å². The number of nitrogens with zero attached hydrogens (tertiary/aromatic N) is 1. The molecule has 1 fully saturated rings. The van der Waals surface area contributed by atoms with Gasteiger partial charge >= 0.3 is 0 Å². The molecule has 102 valence electrons. The van der Waals surface area contributed by atoms with Crippen LogP contribution in [0, 0.1) is 0 Å². The third-order valence-corrected chi connectivity index (χ3v) is 2.87. The van der Waals surface area contributed by atoms with Gasteiger partial charge < -0.3 is 16.1 Å². The molecule has 0 aromatic carbocycles. The first-order valence-electron chi connectivity index (χ1n) is 5.81. The molecule has 1 aliphatic carbocycles. The highest BCUT2D eigenvalue weighted by atomic mass is 35.5. The van der Waals surface area contributed by atoms with Gasteiger partial charge in [0.2, 0.25) is 5.91 Å². The Hall–Kier alpha value is -1.86. The van der Waals surface area contributed by atoms with Gasteiger partial charge in [0.1, 0.15) is 11.5 Å². The summed E-state index contributed by atoms with van der Waals surface area (Å²) in [5, 5.41) is 5.41. The lowest BCUT2D eigenvalue weighted by atomic mass is 10.3. The average molecular weight is 284 g/mol. The predicted octanol–water partition coefficient (Wildman–Crippen LogP) is 0.0290. The smallest absolute Gasteiger partial charge is 0.271 e. The molecule has 2 amide bonds. The molecule has 0 radical (unpaired) electrons. The molecular formula is C11H14ClN5O2. The normalized spacial score (nSPS) is 13.8. The van der Waals surface area contributed by atoms with E-state index in [4.69, 9.17) is 17.4 Å². The van der Waals surface area contributed by atoms with Crippen LogP contribution in [0.1, 0.15) is 23.3 Å². The molecular weight excluding hydrogens is 270 g/mol. The molecule has 0 atom stereocenters. The molecule has 1 aromatic rings. The molecule has 1 saturated carbocycles. The van der Waals surface area contributed by atoms with Gasteiger partial charge in [0.05, 0.1) is 11.6 Å². The van der Waals surface area contributed by atoms with E-state index in [1.54, 1.807) is 6.07 Å². The van der Waals surface area contributed by atoms with Crippen LogP contribution in [0.2, 0.25) is 5.02 Å². The molecule has 0 spiro atoms. The summed E-state index contributed by atoms with van der Waals surface area (Å²) in [5.41, 5.74) is 2.34. The van der Waals surface area contributed by atoms with Gasteiger partial charge in [0, 0.05) is 6.04 Å². The SMILES string of the molecule is NNc1ccc(Cl)c(C(=O)NCC(=O)NC2CC2)n1. The number of nitrogens with two attached hydrogens (primary N) is 1. The zero-order chi connectivity index (χ0) is 13.8. The molecule has 0 bridgehead atoms. The van der Waals surface area contributed by atoms with E-state index in [0.717, 1.165) is 12.8 Å². The molecule has 7 nitrogen and oxygen atoms in total. The largest absolute Gasteiger partial charge is 0.352 e. The van der Waals surface area contributed by atoms with Crippen molar-refractivity contribution >= 4 is 29.2 Å². The summed E-state index contributed by atoms with van der Waals surface area (Å²) in [4.78, 5) is 27.2. The standard InChI is InChI=1S/C11H14ClN5O2/c12-7-3-4-8(17-13)16-10(7)11(19)14-5-9(18)15-6-1-2-6/h3-4,6H,1-2,5,13H2,(H,14,19)(H,15,18)(H,16,17). The van der Waals surface area contributed by atoms with Gasteiger partial charge in [-0.2, -0.15) is 0 Å². The van der Waals surface area contributed by atoms with Gasteiger partial charge in [-0.05, 0) is 25.0 Å². The number of hydrogen-bond donors (Lipinski definition) is 4. The number of hydrazine groups is 1. The van der Waals surface area contributed by atoms with Crippen molar-refractivity contribution in [3.63, 3.8) is 0 Å². The van der Waals surface area contributed by atoms with Crippen molar-refractivity contribution in [3.05, 3.63) is 22.8 Å². The minimum Gasteiger partial charge on any atom is -0.352 e. The Morgan fingerprint density at radius 1 is 1.42 bits per heavy atom. The van der Waals surface area contributed by atoms with Crippen molar-refractivity contribution < 1.29 is 9.59 Å². The van der Waals surface area contributed by atoms with Gasteiger partial charge in [-0.1, -0.05) is 11.6 Å². The summed E-state index contributed by atoms with van der Waals surface area (Å²) in [6.45, 7) is -0.104. The highest BCUT2D eigenvalue weighted by molar-refractivity contribution is 6.33. The van der Waals surface area contributed by atoms with Gasteiger partial charge in [-0.15, -0.1) is 0 Å². The van der Waals surface area contributed by atoms with E-state index < -0.39 is 5.91 Å². The Bertz CT molecular complexity index is 504. The molecule has 0 saturated heterocycles. The van der Waals surface area contributed by atoms with E-state index in [9.17, 15) is 9.59 Å². The van der Waals surface area contributed by atoms with Gasteiger partial charge in [0.15, 0.2) is 0 Å². The monoisotopic (exact) mass is 283 g/mol. The Kier molecular flexibility index (Phi) is 4.18. The second-order valence-corrected chi connectivity index (χ2v) is 4.60. The number of pyridine rings is 1. The maximum Gasteiger partial charge on any atom is 0.271 e. The van der Waals surface area contributed by atoms with Crippen LogP contribution in [-0.4, -0.2) is 29.4 Å². The summed E-state index contributed by atoms with van der Waals surface area (Å²) in [6, 6.07) is 3.30. The van der Waals surface area contributed by atoms with Crippen LogP contribution in [0.15, 0.2) is 12.1 Å². The van der Waals surface area contributed by atoms with Crippen LogP contribution >= 0.6 is 11.6 Å². The molecule has 0 unspecified atom stereocenters. The summed E-state index contributed by atoms with van der Waals surface area (Å²) in [5.74, 6) is 4.78. The molecule has 2 rings (SSSR count). The van der Waals surface area contributed by atoms with Crippen LogP contribution < -0.4 is 21.9 Å². The molecule has 5 N–H and O–H groups in total. The number of nitrogens with one attached hydrogen (secondary N) is 3. The number of nitrogen functional groups attached to an aromatic ring is 1. The van der Waals surface area contributed by atoms with E-state index >= 15 is 0 Å². The second kappa shape index (κ2) is 5.85. The van der Waals surface area contributed by atoms with Crippen LogP contribution in [0.4, 0.5) is 5.82 Å². The third-order valence-electron chi connectivity index (χ3n) is 2.56. The van der Waals surface area contributed by atoms with Crippen LogP contribution in [0.5, 0.6) is 0 Å². The second-order valence-electron chi connectivity index (χ2n) is 4.20. The third kappa shape index (κ3) is 3.80. The first kappa shape index (κ1) is 13.6. The van der Waals surface area contributed by atoms with Crippen LogP contribution in [0.3, 0.4) is 0 Å². The summed E-state index contributed by atoms with van der Waals surface area (Å²) in [6.07, 6.45) is 1.99. The minimum absolute atomic E-state index is 0.0244. The summed E-state index contributed by atoms with van der Waals surface area (Å²) >= 11 is 5.87. The Balaban J connectivity index is 1.92. The van der Waals surface area contributed by atoms with E-state index in [0.29, 0.717) is 5.82 Å². The van der Waals surface area contributed by atoms with Crippen molar-refractivity contribution in [1.29, 1.82) is 0 Å². The van der Waals surface area contributed by atoms with Gasteiger partial charge in [-0.3, -0.25) is 9.59 Å². The molecule has 1 heterocycles. The maximum absolute atomic E-state index is 11.8. The van der Waals surface area contributed by atoms with Crippen molar-refractivity contribution in [2.75, 3.05) is 12.0 Å². The first-order chi connectivity index (χ1) is 9.10. The Morgan fingerprint density at radius 3 is 2.79 bits per heavy atom. The number of carbonyl (C=O) groups is 2. The molecule has 8 heteroatoms. The fourth-order valence-electron chi connectivity index (χ4n) is 1.43. The van der Waals surface area contributed by atoms with E-state index in [-0.39, 0.29) is 29.2 Å². The molecule has 1 aromatic heterocycles. The fourth-order valence-corrected chi connectivity index (χ4v) is 1.62. The number of anilines is 1. The highest BCUT2D eigenvalue weighted by Gasteiger charge is 2.23. The Labute approximate surface area is 114 Å². The topological polar surface area (TPSA) is 109 Å². The van der Waals surface area contributed by atoms with Crippen LogP contribution in [0.25, 0.3) is 0 Å². The zero-order valence-electron chi connectivity index (χ0n) is 10.1. The predicted molar refractivity (Wildman–Crippen MR) is 70.6 cm³/mol. The minimum atomic E-state index is -0.520. The number of carbonyl (C=O) groups excluding carboxylic acids is 2. The van der Waals surface area contributed by atoms with Gasteiger partial charge in [-0.25, -0.2) is 10.8 Å². The maximum atomic E-state index is 11.8.